The fraction of sp³-hybridized carbons (Fsp3) is 0.333. The highest BCUT2D eigenvalue weighted by Gasteiger charge is 2.31. The molecule has 35 heavy (non-hydrogen) atoms. The molecular formula is C27H29N5O2S. The standard InChI is InChI=1S/C27H29N5O2S/c1-17(2)30(15-20-8-6-5-7-9-20)24(33)13-21-16-35-27-29-25-22(26(34)31(21)27)14-28-32(25)23-11-10-18(3)12-19(23)4/h5-12,14,17,21H,13,15-16H2,1-4H3. The molecular weight excluding hydrogens is 458 g/mol. The van der Waals surface area contributed by atoms with Gasteiger partial charge >= 0.3 is 0 Å². The molecule has 0 fully saturated rings. The van der Waals surface area contributed by atoms with Gasteiger partial charge in [-0.3, -0.25) is 14.2 Å². The van der Waals surface area contributed by atoms with Crippen molar-refractivity contribution in [2.75, 3.05) is 5.75 Å². The number of benzene rings is 2. The van der Waals surface area contributed by atoms with E-state index >= 15 is 0 Å². The minimum Gasteiger partial charge on any atom is -0.336 e. The Kier molecular flexibility index (Phi) is 6.23. The largest absolute Gasteiger partial charge is 0.336 e. The summed E-state index contributed by atoms with van der Waals surface area (Å²) in [5.41, 5.74) is 4.66. The lowest BCUT2D eigenvalue weighted by Gasteiger charge is -2.28. The highest BCUT2D eigenvalue weighted by atomic mass is 32.2. The van der Waals surface area contributed by atoms with Crippen molar-refractivity contribution in [3.05, 3.63) is 81.8 Å². The number of rotatable bonds is 6. The lowest BCUT2D eigenvalue weighted by atomic mass is 10.1. The van der Waals surface area contributed by atoms with Crippen molar-refractivity contribution in [2.24, 2.45) is 0 Å². The normalized spacial score (nSPS) is 15.1. The van der Waals surface area contributed by atoms with Crippen LogP contribution in [-0.4, -0.2) is 41.9 Å². The van der Waals surface area contributed by atoms with E-state index < -0.39 is 0 Å². The number of hydrogen-bond donors (Lipinski definition) is 0. The monoisotopic (exact) mass is 487 g/mol. The van der Waals surface area contributed by atoms with Crippen LogP contribution in [0.4, 0.5) is 0 Å². The molecule has 2 aromatic carbocycles. The first-order chi connectivity index (χ1) is 16.8. The molecule has 0 bridgehead atoms. The molecule has 8 heteroatoms. The van der Waals surface area contributed by atoms with E-state index in [-0.39, 0.29) is 30.0 Å². The van der Waals surface area contributed by atoms with Crippen molar-refractivity contribution in [1.29, 1.82) is 0 Å². The summed E-state index contributed by atoms with van der Waals surface area (Å²) in [6.07, 6.45) is 1.86. The zero-order valence-corrected chi connectivity index (χ0v) is 21.2. The van der Waals surface area contributed by atoms with Gasteiger partial charge in [0.05, 0.1) is 17.9 Å². The van der Waals surface area contributed by atoms with Gasteiger partial charge in [-0.05, 0) is 44.9 Å². The Balaban J connectivity index is 1.45. The van der Waals surface area contributed by atoms with Crippen LogP contribution in [-0.2, 0) is 11.3 Å². The van der Waals surface area contributed by atoms with E-state index in [0.29, 0.717) is 28.5 Å². The highest BCUT2D eigenvalue weighted by Crippen LogP contribution is 2.34. The molecule has 5 rings (SSSR count). The number of aryl methyl sites for hydroxylation is 2. The van der Waals surface area contributed by atoms with E-state index in [1.807, 2.05) is 75.1 Å². The summed E-state index contributed by atoms with van der Waals surface area (Å²) in [5.74, 6) is 0.690. The molecule has 7 nitrogen and oxygen atoms in total. The van der Waals surface area contributed by atoms with E-state index in [0.717, 1.165) is 16.8 Å². The van der Waals surface area contributed by atoms with Gasteiger partial charge in [0.15, 0.2) is 10.8 Å². The fourth-order valence-electron chi connectivity index (χ4n) is 4.66. The first kappa shape index (κ1) is 23.4. The van der Waals surface area contributed by atoms with Crippen LogP contribution < -0.4 is 5.56 Å². The number of carbonyl (C=O) groups excluding carboxylic acids is 1. The van der Waals surface area contributed by atoms with Crippen molar-refractivity contribution in [1.82, 2.24) is 24.2 Å². The average Bonchev–Trinajstić information content (AvgIpc) is 3.43. The maximum atomic E-state index is 13.5. The van der Waals surface area contributed by atoms with Crippen molar-refractivity contribution in [2.45, 2.75) is 57.9 Å². The molecule has 180 valence electrons. The lowest BCUT2D eigenvalue weighted by molar-refractivity contribution is -0.134. The summed E-state index contributed by atoms with van der Waals surface area (Å²) in [6, 6.07) is 16.0. The third-order valence-electron chi connectivity index (χ3n) is 6.50. The van der Waals surface area contributed by atoms with Crippen LogP contribution in [0.15, 0.2) is 64.7 Å². The molecule has 0 saturated heterocycles. The van der Waals surface area contributed by atoms with E-state index in [4.69, 9.17) is 4.98 Å². The second-order valence-electron chi connectivity index (χ2n) is 9.42. The average molecular weight is 488 g/mol. The van der Waals surface area contributed by atoms with Crippen LogP contribution in [0.25, 0.3) is 16.7 Å². The third-order valence-corrected chi connectivity index (χ3v) is 7.60. The minimum absolute atomic E-state index is 0.0419. The number of aromatic nitrogens is 4. The van der Waals surface area contributed by atoms with Crippen molar-refractivity contribution in [3.63, 3.8) is 0 Å². The smallest absolute Gasteiger partial charge is 0.265 e. The third kappa shape index (κ3) is 4.38. The van der Waals surface area contributed by atoms with Crippen LogP contribution in [0.3, 0.4) is 0 Å². The van der Waals surface area contributed by atoms with Gasteiger partial charge in [-0.1, -0.05) is 59.8 Å². The zero-order valence-electron chi connectivity index (χ0n) is 20.4. The molecule has 1 atom stereocenters. The molecule has 2 aromatic heterocycles. The SMILES string of the molecule is Cc1ccc(-n2ncc3c(=O)n4c(nc32)SCC4CC(=O)N(Cc2ccccc2)C(C)C)c(C)c1. The molecule has 0 saturated carbocycles. The van der Waals surface area contributed by atoms with Crippen molar-refractivity contribution >= 4 is 28.7 Å². The number of nitrogens with zero attached hydrogens (tertiary/aromatic N) is 5. The first-order valence-electron chi connectivity index (χ1n) is 11.9. The Morgan fingerprint density at radius 1 is 1.17 bits per heavy atom. The van der Waals surface area contributed by atoms with Crippen molar-refractivity contribution < 1.29 is 4.79 Å². The first-order valence-corrected chi connectivity index (χ1v) is 12.9. The molecule has 0 aliphatic carbocycles. The van der Waals surface area contributed by atoms with E-state index in [9.17, 15) is 9.59 Å². The molecule has 3 heterocycles. The minimum atomic E-state index is -0.228. The summed E-state index contributed by atoms with van der Waals surface area (Å²) in [4.78, 5) is 33.6. The van der Waals surface area contributed by atoms with Gasteiger partial charge in [-0.2, -0.15) is 5.10 Å². The number of carbonyl (C=O) groups is 1. The van der Waals surface area contributed by atoms with Gasteiger partial charge in [-0.15, -0.1) is 0 Å². The maximum Gasteiger partial charge on any atom is 0.265 e. The summed E-state index contributed by atoms with van der Waals surface area (Å²) in [7, 11) is 0. The van der Waals surface area contributed by atoms with Crippen LogP contribution in [0.5, 0.6) is 0 Å². The summed E-state index contributed by atoms with van der Waals surface area (Å²) < 4.78 is 3.44. The van der Waals surface area contributed by atoms with E-state index in [1.54, 1.807) is 15.4 Å². The van der Waals surface area contributed by atoms with Crippen LogP contribution in [0.1, 0.15) is 43.0 Å². The maximum absolute atomic E-state index is 13.5. The summed E-state index contributed by atoms with van der Waals surface area (Å²) in [6.45, 7) is 8.68. The molecule has 1 amide bonds. The van der Waals surface area contributed by atoms with Gasteiger partial charge < -0.3 is 4.90 Å². The number of hydrogen-bond acceptors (Lipinski definition) is 5. The summed E-state index contributed by atoms with van der Waals surface area (Å²) in [5, 5.41) is 5.61. The van der Waals surface area contributed by atoms with E-state index in [1.165, 1.54) is 17.3 Å². The number of fused-ring (bicyclic) bond motifs is 2. The van der Waals surface area contributed by atoms with Crippen LogP contribution in [0.2, 0.25) is 0 Å². The molecule has 4 aromatic rings. The van der Waals surface area contributed by atoms with E-state index in [2.05, 4.69) is 11.2 Å². The van der Waals surface area contributed by atoms with Crippen molar-refractivity contribution in [3.8, 4) is 5.69 Å². The molecule has 0 N–H and O–H groups in total. The van der Waals surface area contributed by atoms with Crippen LogP contribution in [0, 0.1) is 13.8 Å². The zero-order chi connectivity index (χ0) is 24.7. The molecule has 0 radical (unpaired) electrons. The Hall–Kier alpha value is -3.39. The lowest BCUT2D eigenvalue weighted by Crippen LogP contribution is -2.38. The van der Waals surface area contributed by atoms with Crippen LogP contribution >= 0.6 is 11.8 Å². The Labute approximate surface area is 208 Å². The predicted octanol–water partition coefficient (Wildman–Crippen LogP) is 4.67. The van der Waals surface area contributed by atoms with Gasteiger partial charge in [0.1, 0.15) is 5.39 Å². The number of thioether (sulfide) groups is 1. The molecule has 1 aliphatic heterocycles. The van der Waals surface area contributed by atoms with Gasteiger partial charge in [0, 0.05) is 24.8 Å². The van der Waals surface area contributed by atoms with Gasteiger partial charge in [-0.25, -0.2) is 9.67 Å². The quantitative estimate of drug-likeness (QED) is 0.370. The second kappa shape index (κ2) is 9.34. The molecule has 0 spiro atoms. The summed E-state index contributed by atoms with van der Waals surface area (Å²) >= 11 is 1.53. The molecule has 1 aliphatic rings. The second-order valence-corrected chi connectivity index (χ2v) is 10.4. The highest BCUT2D eigenvalue weighted by molar-refractivity contribution is 7.99. The Morgan fingerprint density at radius 2 is 1.94 bits per heavy atom. The number of amides is 1. The topological polar surface area (TPSA) is 73.0 Å². The molecule has 1 unspecified atom stereocenters. The fourth-order valence-corrected chi connectivity index (χ4v) is 5.79. The Morgan fingerprint density at radius 3 is 2.66 bits per heavy atom. The van der Waals surface area contributed by atoms with Gasteiger partial charge in [0.25, 0.3) is 5.56 Å². The Bertz CT molecular complexity index is 1460. The predicted molar refractivity (Wildman–Crippen MR) is 139 cm³/mol. The van der Waals surface area contributed by atoms with Gasteiger partial charge in [0.2, 0.25) is 5.91 Å².